The van der Waals surface area contributed by atoms with E-state index in [1.54, 1.807) is 0 Å². The molecule has 0 saturated carbocycles. The number of halogens is 1. The Bertz CT molecular complexity index is 465. The molecule has 2 nitrogen and oxygen atoms in total. The second-order valence-electron chi connectivity index (χ2n) is 3.24. The van der Waals surface area contributed by atoms with Gasteiger partial charge in [0, 0.05) is 16.4 Å². The van der Waals surface area contributed by atoms with E-state index < -0.39 is 0 Å². The minimum atomic E-state index is -0.215. The summed E-state index contributed by atoms with van der Waals surface area (Å²) < 4.78 is 1.02. The van der Waals surface area contributed by atoms with Crippen molar-refractivity contribution in [3.8, 4) is 6.07 Å². The Balaban J connectivity index is 2.37. The SMILES string of the molecule is N#C[C@H](c1ccc(Br)cc1)c1ccc[nH]1. The van der Waals surface area contributed by atoms with Crippen LogP contribution in [0.1, 0.15) is 17.2 Å². The summed E-state index contributed by atoms with van der Waals surface area (Å²) in [4.78, 5) is 3.07. The summed E-state index contributed by atoms with van der Waals surface area (Å²) in [6, 6.07) is 13.9. The average molecular weight is 261 g/mol. The van der Waals surface area contributed by atoms with Gasteiger partial charge < -0.3 is 4.98 Å². The number of hydrogen-bond acceptors (Lipinski definition) is 1. The van der Waals surface area contributed by atoms with Crippen LogP contribution in [0.25, 0.3) is 0 Å². The zero-order chi connectivity index (χ0) is 10.7. The Morgan fingerprint density at radius 3 is 2.47 bits per heavy atom. The second kappa shape index (κ2) is 4.33. The summed E-state index contributed by atoms with van der Waals surface area (Å²) in [7, 11) is 0. The first-order chi connectivity index (χ1) is 7.31. The van der Waals surface area contributed by atoms with Crippen LogP contribution in [0.5, 0.6) is 0 Å². The summed E-state index contributed by atoms with van der Waals surface area (Å²) in [5.74, 6) is -0.215. The van der Waals surface area contributed by atoms with Crippen molar-refractivity contribution >= 4 is 15.9 Å². The summed E-state index contributed by atoms with van der Waals surface area (Å²) in [5.41, 5.74) is 1.93. The summed E-state index contributed by atoms with van der Waals surface area (Å²) in [6.45, 7) is 0. The predicted octanol–water partition coefficient (Wildman–Crippen LogP) is 3.43. The fourth-order valence-corrected chi connectivity index (χ4v) is 1.77. The zero-order valence-corrected chi connectivity index (χ0v) is 9.53. The van der Waals surface area contributed by atoms with Crippen LogP contribution >= 0.6 is 15.9 Å². The summed E-state index contributed by atoms with van der Waals surface area (Å²) in [5, 5.41) is 9.14. The van der Waals surface area contributed by atoms with E-state index in [9.17, 15) is 0 Å². The predicted molar refractivity (Wildman–Crippen MR) is 62.4 cm³/mol. The molecule has 0 spiro atoms. The smallest absolute Gasteiger partial charge is 0.111 e. The molecule has 0 radical (unpaired) electrons. The van der Waals surface area contributed by atoms with Crippen LogP contribution in [0.15, 0.2) is 47.1 Å². The second-order valence-corrected chi connectivity index (χ2v) is 4.15. The van der Waals surface area contributed by atoms with Crippen molar-refractivity contribution in [2.24, 2.45) is 0 Å². The number of nitriles is 1. The Labute approximate surface area is 96.7 Å². The minimum Gasteiger partial charge on any atom is -0.364 e. The van der Waals surface area contributed by atoms with Crippen LogP contribution in [0.3, 0.4) is 0 Å². The zero-order valence-electron chi connectivity index (χ0n) is 7.94. The molecule has 0 amide bonds. The van der Waals surface area contributed by atoms with E-state index in [2.05, 4.69) is 27.0 Å². The van der Waals surface area contributed by atoms with Gasteiger partial charge in [-0.05, 0) is 29.8 Å². The van der Waals surface area contributed by atoms with E-state index in [-0.39, 0.29) is 5.92 Å². The number of rotatable bonds is 2. The number of aromatic amines is 1. The van der Waals surface area contributed by atoms with Crippen LogP contribution in [-0.2, 0) is 0 Å². The highest BCUT2D eigenvalue weighted by molar-refractivity contribution is 9.10. The van der Waals surface area contributed by atoms with E-state index in [4.69, 9.17) is 5.26 Å². The Kier molecular flexibility index (Phi) is 2.89. The molecule has 3 heteroatoms. The molecule has 0 fully saturated rings. The molecule has 1 atom stereocenters. The van der Waals surface area contributed by atoms with E-state index in [0.717, 1.165) is 15.7 Å². The molecule has 0 saturated heterocycles. The fourth-order valence-electron chi connectivity index (χ4n) is 1.50. The van der Waals surface area contributed by atoms with Gasteiger partial charge in [-0.25, -0.2) is 0 Å². The van der Waals surface area contributed by atoms with E-state index in [1.807, 2.05) is 42.6 Å². The number of aromatic nitrogens is 1. The molecule has 2 rings (SSSR count). The third kappa shape index (κ3) is 2.11. The number of nitrogens with one attached hydrogen (secondary N) is 1. The molecule has 1 heterocycles. The largest absolute Gasteiger partial charge is 0.364 e. The van der Waals surface area contributed by atoms with Gasteiger partial charge in [-0.3, -0.25) is 0 Å². The Morgan fingerprint density at radius 1 is 1.20 bits per heavy atom. The average Bonchev–Trinajstić information content (AvgIpc) is 2.75. The van der Waals surface area contributed by atoms with E-state index >= 15 is 0 Å². The molecule has 0 aliphatic carbocycles. The van der Waals surface area contributed by atoms with Crippen molar-refractivity contribution in [3.05, 3.63) is 58.3 Å². The lowest BCUT2D eigenvalue weighted by atomic mass is 9.98. The third-order valence-corrected chi connectivity index (χ3v) is 2.79. The van der Waals surface area contributed by atoms with Gasteiger partial charge in [0.1, 0.15) is 5.92 Å². The van der Waals surface area contributed by atoms with Gasteiger partial charge in [-0.2, -0.15) is 5.26 Å². The fraction of sp³-hybridized carbons (Fsp3) is 0.0833. The van der Waals surface area contributed by atoms with Gasteiger partial charge in [0.05, 0.1) is 6.07 Å². The van der Waals surface area contributed by atoms with Crippen molar-refractivity contribution in [2.75, 3.05) is 0 Å². The lowest BCUT2D eigenvalue weighted by Gasteiger charge is -2.07. The molecule has 1 N–H and O–H groups in total. The van der Waals surface area contributed by atoms with Gasteiger partial charge in [0.2, 0.25) is 0 Å². The molecule has 15 heavy (non-hydrogen) atoms. The van der Waals surface area contributed by atoms with E-state index in [0.29, 0.717) is 0 Å². The monoisotopic (exact) mass is 260 g/mol. The molecular weight excluding hydrogens is 252 g/mol. The molecule has 0 unspecified atom stereocenters. The quantitative estimate of drug-likeness (QED) is 0.883. The molecule has 0 aliphatic heterocycles. The Morgan fingerprint density at radius 2 is 1.93 bits per heavy atom. The van der Waals surface area contributed by atoms with Crippen LogP contribution < -0.4 is 0 Å². The number of H-pyrrole nitrogens is 1. The van der Waals surface area contributed by atoms with Gasteiger partial charge in [0.15, 0.2) is 0 Å². The third-order valence-electron chi connectivity index (χ3n) is 2.27. The maximum absolute atomic E-state index is 9.14. The number of hydrogen-bond donors (Lipinski definition) is 1. The molecule has 1 aromatic heterocycles. The number of benzene rings is 1. The van der Waals surface area contributed by atoms with Crippen LogP contribution in [0.2, 0.25) is 0 Å². The normalized spacial score (nSPS) is 12.0. The first kappa shape index (κ1) is 10.0. The molecule has 1 aromatic carbocycles. The maximum atomic E-state index is 9.14. The lowest BCUT2D eigenvalue weighted by molar-refractivity contribution is 0.984. The minimum absolute atomic E-state index is 0.215. The molecule has 2 aromatic rings. The first-order valence-corrected chi connectivity index (χ1v) is 5.39. The van der Waals surface area contributed by atoms with Gasteiger partial charge in [0.25, 0.3) is 0 Å². The van der Waals surface area contributed by atoms with Crippen molar-refractivity contribution in [1.29, 1.82) is 5.26 Å². The van der Waals surface area contributed by atoms with Crippen molar-refractivity contribution in [2.45, 2.75) is 5.92 Å². The molecule has 74 valence electrons. The van der Waals surface area contributed by atoms with Crippen molar-refractivity contribution < 1.29 is 0 Å². The molecular formula is C12H9BrN2. The topological polar surface area (TPSA) is 39.6 Å². The van der Waals surface area contributed by atoms with Crippen molar-refractivity contribution in [3.63, 3.8) is 0 Å². The highest BCUT2D eigenvalue weighted by atomic mass is 79.9. The van der Waals surface area contributed by atoms with Crippen LogP contribution in [-0.4, -0.2) is 4.98 Å². The van der Waals surface area contributed by atoms with Gasteiger partial charge in [-0.15, -0.1) is 0 Å². The standard InChI is InChI=1S/C12H9BrN2/c13-10-5-3-9(4-6-10)11(8-14)12-2-1-7-15-12/h1-7,11,15H/t11-/m1/s1. The van der Waals surface area contributed by atoms with Crippen molar-refractivity contribution in [1.82, 2.24) is 4.98 Å². The Hall–Kier alpha value is -1.53. The van der Waals surface area contributed by atoms with Crippen LogP contribution in [0, 0.1) is 11.3 Å². The summed E-state index contributed by atoms with van der Waals surface area (Å²) in [6.07, 6.45) is 1.83. The maximum Gasteiger partial charge on any atom is 0.111 e. The molecule has 0 aliphatic rings. The van der Waals surface area contributed by atoms with Gasteiger partial charge in [-0.1, -0.05) is 28.1 Å². The number of nitrogens with zero attached hydrogens (tertiary/aromatic N) is 1. The van der Waals surface area contributed by atoms with Gasteiger partial charge >= 0.3 is 0 Å². The highest BCUT2D eigenvalue weighted by Crippen LogP contribution is 2.23. The summed E-state index contributed by atoms with van der Waals surface area (Å²) >= 11 is 3.37. The van der Waals surface area contributed by atoms with E-state index in [1.165, 1.54) is 0 Å². The highest BCUT2D eigenvalue weighted by Gasteiger charge is 2.13. The lowest BCUT2D eigenvalue weighted by Crippen LogP contribution is -1.97. The first-order valence-electron chi connectivity index (χ1n) is 4.59. The molecule has 0 bridgehead atoms. The van der Waals surface area contributed by atoms with Crippen LogP contribution in [0.4, 0.5) is 0 Å².